The molecule has 0 fully saturated rings. The molecule has 6 heteroatoms. The Morgan fingerprint density at radius 3 is 2.69 bits per heavy atom. The Morgan fingerprint density at radius 1 is 1.28 bits per heavy atom. The quantitative estimate of drug-likeness (QED) is 0.414. The van der Waals surface area contributed by atoms with Crippen LogP contribution in [0.5, 0.6) is 5.75 Å². The first-order chi connectivity index (χ1) is 15.2. The SMILES string of the molecule is CCOc1cccc(NC(=O)/C(C#N)=C/c2cc3c(cc2Cl)N(CC)C(C)(C)C=C3C)c1. The summed E-state index contributed by atoms with van der Waals surface area (Å²) in [7, 11) is 0. The topological polar surface area (TPSA) is 65.4 Å². The third-order valence-corrected chi connectivity index (χ3v) is 5.81. The van der Waals surface area contributed by atoms with Crippen LogP contribution >= 0.6 is 11.6 Å². The van der Waals surface area contributed by atoms with Gasteiger partial charge >= 0.3 is 0 Å². The van der Waals surface area contributed by atoms with Crippen LogP contribution in [0.25, 0.3) is 11.6 Å². The van der Waals surface area contributed by atoms with E-state index in [9.17, 15) is 10.1 Å². The van der Waals surface area contributed by atoms with E-state index in [4.69, 9.17) is 16.3 Å². The van der Waals surface area contributed by atoms with Crippen LogP contribution in [-0.4, -0.2) is 24.6 Å². The minimum absolute atomic E-state index is 0.0289. The fourth-order valence-corrected chi connectivity index (χ4v) is 4.35. The molecule has 0 saturated carbocycles. The van der Waals surface area contributed by atoms with Crippen molar-refractivity contribution in [3.63, 3.8) is 0 Å². The second kappa shape index (κ2) is 9.50. The van der Waals surface area contributed by atoms with Crippen LogP contribution in [0.15, 0.2) is 48.0 Å². The Balaban J connectivity index is 1.95. The number of fused-ring (bicyclic) bond motifs is 1. The summed E-state index contributed by atoms with van der Waals surface area (Å²) in [5, 5.41) is 12.9. The average molecular weight is 450 g/mol. The zero-order chi connectivity index (χ0) is 23.5. The van der Waals surface area contributed by atoms with E-state index in [0.717, 1.165) is 23.4 Å². The normalized spacial score (nSPS) is 14.8. The number of ether oxygens (including phenoxy) is 1. The van der Waals surface area contributed by atoms with Gasteiger partial charge in [-0.1, -0.05) is 23.7 Å². The number of benzene rings is 2. The molecule has 32 heavy (non-hydrogen) atoms. The van der Waals surface area contributed by atoms with Gasteiger partial charge in [0.15, 0.2) is 0 Å². The van der Waals surface area contributed by atoms with Crippen LogP contribution in [-0.2, 0) is 4.79 Å². The van der Waals surface area contributed by atoms with E-state index in [1.165, 1.54) is 6.08 Å². The highest BCUT2D eigenvalue weighted by molar-refractivity contribution is 6.32. The highest BCUT2D eigenvalue weighted by Gasteiger charge is 2.30. The second-order valence-corrected chi connectivity index (χ2v) is 8.61. The standard InChI is InChI=1S/C26H28ClN3O2/c1-6-30-24-14-23(27)18(12-22(24)17(3)15-26(30,4)5)11-19(16-28)25(31)29-20-9-8-10-21(13-20)32-7-2/h8-15H,6-7H2,1-5H3,(H,29,31)/b19-11+. The van der Waals surface area contributed by atoms with Gasteiger partial charge < -0.3 is 15.0 Å². The van der Waals surface area contributed by atoms with Crippen molar-refractivity contribution in [2.75, 3.05) is 23.4 Å². The number of nitrogens with one attached hydrogen (secondary N) is 1. The summed E-state index contributed by atoms with van der Waals surface area (Å²) >= 11 is 6.60. The molecule has 0 spiro atoms. The molecule has 0 atom stereocenters. The number of allylic oxidation sites excluding steroid dienone is 1. The zero-order valence-corrected chi connectivity index (χ0v) is 19.9. The van der Waals surface area contributed by atoms with E-state index in [1.54, 1.807) is 18.2 Å². The molecule has 2 aromatic carbocycles. The molecule has 5 nitrogen and oxygen atoms in total. The molecule has 166 valence electrons. The van der Waals surface area contributed by atoms with E-state index < -0.39 is 5.91 Å². The smallest absolute Gasteiger partial charge is 0.266 e. The van der Waals surface area contributed by atoms with Gasteiger partial charge in [-0.15, -0.1) is 0 Å². The van der Waals surface area contributed by atoms with Crippen LogP contribution in [0.2, 0.25) is 5.02 Å². The van der Waals surface area contributed by atoms with Gasteiger partial charge in [-0.05, 0) is 76.1 Å². The lowest BCUT2D eigenvalue weighted by Crippen LogP contribution is -2.44. The first-order valence-electron chi connectivity index (χ1n) is 10.7. The molecular formula is C26H28ClN3O2. The minimum Gasteiger partial charge on any atom is -0.494 e. The monoisotopic (exact) mass is 449 g/mol. The van der Waals surface area contributed by atoms with Crippen LogP contribution in [0, 0.1) is 11.3 Å². The molecule has 0 radical (unpaired) electrons. The van der Waals surface area contributed by atoms with Gasteiger partial charge in [-0.25, -0.2) is 0 Å². The van der Waals surface area contributed by atoms with Gasteiger partial charge in [0.1, 0.15) is 17.4 Å². The Kier molecular flexibility index (Phi) is 6.96. The Labute approximate surface area is 194 Å². The summed E-state index contributed by atoms with van der Waals surface area (Å²) in [6.07, 6.45) is 3.76. The van der Waals surface area contributed by atoms with Gasteiger partial charge in [0.2, 0.25) is 0 Å². The number of nitrogens with zero attached hydrogens (tertiary/aromatic N) is 2. The zero-order valence-electron chi connectivity index (χ0n) is 19.1. The maximum atomic E-state index is 12.8. The fourth-order valence-electron chi connectivity index (χ4n) is 4.14. The number of carbonyl (C=O) groups is 1. The number of hydrogen-bond acceptors (Lipinski definition) is 4. The molecule has 1 amide bonds. The van der Waals surface area contributed by atoms with Crippen molar-refractivity contribution in [1.82, 2.24) is 0 Å². The largest absolute Gasteiger partial charge is 0.494 e. The number of amides is 1. The molecule has 1 heterocycles. The van der Waals surface area contributed by atoms with Gasteiger partial charge in [0.05, 0.1) is 12.1 Å². The molecular weight excluding hydrogens is 422 g/mol. The Hall–Kier alpha value is -3.23. The molecule has 0 bridgehead atoms. The Morgan fingerprint density at radius 2 is 2.03 bits per heavy atom. The first kappa shape index (κ1) is 23.4. The molecule has 0 aromatic heterocycles. The lowest BCUT2D eigenvalue weighted by atomic mass is 9.88. The van der Waals surface area contributed by atoms with Gasteiger partial charge in [-0.2, -0.15) is 5.26 Å². The van der Waals surface area contributed by atoms with Crippen LogP contribution < -0.4 is 15.0 Å². The summed E-state index contributed by atoms with van der Waals surface area (Å²) in [4.78, 5) is 15.0. The first-order valence-corrected chi connectivity index (χ1v) is 11.0. The van der Waals surface area contributed by atoms with Crippen LogP contribution in [0.4, 0.5) is 11.4 Å². The predicted molar refractivity (Wildman–Crippen MR) is 132 cm³/mol. The highest BCUT2D eigenvalue weighted by atomic mass is 35.5. The fraction of sp³-hybridized carbons (Fsp3) is 0.308. The summed E-state index contributed by atoms with van der Waals surface area (Å²) in [5.41, 5.74) is 4.26. The maximum Gasteiger partial charge on any atom is 0.266 e. The van der Waals surface area contributed by atoms with E-state index in [1.807, 2.05) is 31.2 Å². The van der Waals surface area contributed by atoms with Crippen molar-refractivity contribution in [2.24, 2.45) is 0 Å². The lowest BCUT2D eigenvalue weighted by molar-refractivity contribution is -0.112. The van der Waals surface area contributed by atoms with Crippen molar-refractivity contribution in [3.8, 4) is 11.8 Å². The number of carbonyl (C=O) groups excluding carboxylic acids is 1. The summed E-state index contributed by atoms with van der Waals surface area (Å²) in [6.45, 7) is 11.8. The Bertz CT molecular complexity index is 1140. The molecule has 1 aliphatic rings. The minimum atomic E-state index is -0.501. The van der Waals surface area contributed by atoms with Crippen molar-refractivity contribution >= 4 is 40.5 Å². The van der Waals surface area contributed by atoms with E-state index in [-0.39, 0.29) is 11.1 Å². The van der Waals surface area contributed by atoms with Crippen molar-refractivity contribution in [3.05, 3.63) is 64.2 Å². The number of rotatable bonds is 6. The second-order valence-electron chi connectivity index (χ2n) is 8.20. The predicted octanol–water partition coefficient (Wildman–Crippen LogP) is 6.31. The molecule has 0 unspecified atom stereocenters. The van der Waals surface area contributed by atoms with E-state index in [0.29, 0.717) is 28.6 Å². The molecule has 0 saturated heterocycles. The summed E-state index contributed by atoms with van der Waals surface area (Å²) in [5.74, 6) is 0.148. The number of halogens is 1. The maximum absolute atomic E-state index is 12.8. The highest BCUT2D eigenvalue weighted by Crippen LogP contribution is 2.41. The molecule has 3 rings (SSSR count). The number of hydrogen-bond donors (Lipinski definition) is 1. The summed E-state index contributed by atoms with van der Waals surface area (Å²) in [6, 6.07) is 12.9. The van der Waals surface area contributed by atoms with Crippen molar-refractivity contribution in [1.29, 1.82) is 5.26 Å². The van der Waals surface area contributed by atoms with Crippen LogP contribution in [0.1, 0.15) is 45.7 Å². The molecule has 1 aliphatic heterocycles. The average Bonchev–Trinajstić information content (AvgIpc) is 2.72. The number of likely N-dealkylation sites (N-methyl/N-ethyl adjacent to an activating group) is 1. The number of nitriles is 1. The third-order valence-electron chi connectivity index (χ3n) is 5.48. The van der Waals surface area contributed by atoms with Crippen LogP contribution in [0.3, 0.4) is 0 Å². The molecule has 2 aromatic rings. The third kappa shape index (κ3) is 4.81. The van der Waals surface area contributed by atoms with Gasteiger partial charge in [0, 0.05) is 34.6 Å². The number of anilines is 2. The molecule has 0 aliphatic carbocycles. The molecule has 1 N–H and O–H groups in total. The lowest BCUT2D eigenvalue weighted by Gasteiger charge is -2.43. The van der Waals surface area contributed by atoms with Crippen molar-refractivity contribution < 1.29 is 9.53 Å². The van der Waals surface area contributed by atoms with Crippen molar-refractivity contribution in [2.45, 2.75) is 40.2 Å². The van der Waals surface area contributed by atoms with Gasteiger partial charge in [-0.3, -0.25) is 4.79 Å². The van der Waals surface area contributed by atoms with E-state index >= 15 is 0 Å². The van der Waals surface area contributed by atoms with E-state index in [2.05, 4.69) is 44.0 Å². The van der Waals surface area contributed by atoms with Gasteiger partial charge in [0.25, 0.3) is 5.91 Å². The summed E-state index contributed by atoms with van der Waals surface area (Å²) < 4.78 is 5.46.